The Morgan fingerprint density at radius 2 is 1.66 bits per heavy atom. The van der Waals surface area contributed by atoms with Crippen LogP contribution in [-0.4, -0.2) is 40.1 Å². The lowest BCUT2D eigenvalue weighted by Crippen LogP contribution is -2.42. The van der Waals surface area contributed by atoms with Crippen LogP contribution >= 0.6 is 0 Å². The second-order valence-electron chi connectivity index (χ2n) is 10.4. The number of esters is 1. The van der Waals surface area contributed by atoms with Crippen molar-refractivity contribution in [2.75, 3.05) is 13.2 Å². The van der Waals surface area contributed by atoms with E-state index in [0.29, 0.717) is 24.9 Å². The average Bonchev–Trinajstić information content (AvgIpc) is 2.92. The van der Waals surface area contributed by atoms with E-state index in [0.717, 1.165) is 37.7 Å². The van der Waals surface area contributed by atoms with Crippen LogP contribution in [0.25, 0.3) is 0 Å². The second kappa shape index (κ2) is 14.8. The van der Waals surface area contributed by atoms with Crippen LogP contribution in [-0.2, 0) is 24.6 Å². The van der Waals surface area contributed by atoms with Crippen LogP contribution in [0.15, 0.2) is 24.8 Å². The van der Waals surface area contributed by atoms with Gasteiger partial charge in [0.25, 0.3) is 0 Å². The van der Waals surface area contributed by atoms with Gasteiger partial charge in [-0.1, -0.05) is 59.4 Å². The van der Waals surface area contributed by atoms with Gasteiger partial charge in [-0.05, 0) is 67.5 Å². The SMILES string of the molecule is C=CCOC(=O)CCC/C=C\C[C@@H]1[C@@H](CO[Si](C)(C)C(C)(C)C)[C@H](C)C[C@@H]1C.O=S(=O)=O. The van der Waals surface area contributed by atoms with Gasteiger partial charge in [0, 0.05) is 13.0 Å². The molecule has 0 aromatic rings. The fourth-order valence-corrected chi connectivity index (χ4v) is 5.00. The van der Waals surface area contributed by atoms with E-state index < -0.39 is 18.9 Å². The molecule has 8 heteroatoms. The smallest absolute Gasteiger partial charge is 0.425 e. The molecule has 186 valence electrons. The third-order valence-electron chi connectivity index (χ3n) is 6.89. The topological polar surface area (TPSA) is 86.7 Å². The lowest BCUT2D eigenvalue weighted by atomic mass is 9.86. The minimum absolute atomic E-state index is 0.130. The zero-order valence-corrected chi connectivity index (χ0v) is 22.9. The van der Waals surface area contributed by atoms with Crippen molar-refractivity contribution in [2.45, 2.75) is 84.9 Å². The third kappa shape index (κ3) is 12.1. The first kappa shape index (κ1) is 30.7. The van der Waals surface area contributed by atoms with Gasteiger partial charge in [-0.25, -0.2) is 0 Å². The number of ether oxygens (including phenoxy) is 1. The summed E-state index contributed by atoms with van der Waals surface area (Å²) >= 11 is 0. The van der Waals surface area contributed by atoms with Crippen LogP contribution in [0, 0.1) is 23.7 Å². The summed E-state index contributed by atoms with van der Waals surface area (Å²) in [5.74, 6) is 2.71. The maximum atomic E-state index is 11.5. The molecule has 1 saturated carbocycles. The molecule has 0 spiro atoms. The minimum atomic E-state index is -3.11. The second-order valence-corrected chi connectivity index (χ2v) is 15.6. The van der Waals surface area contributed by atoms with Crippen molar-refractivity contribution >= 4 is 24.9 Å². The molecule has 0 amide bonds. The summed E-state index contributed by atoms with van der Waals surface area (Å²) in [6.07, 6.45) is 10.9. The Bertz CT molecular complexity index is 701. The summed E-state index contributed by atoms with van der Waals surface area (Å²) in [6.45, 7) is 21.2. The van der Waals surface area contributed by atoms with Crippen molar-refractivity contribution in [1.82, 2.24) is 0 Å². The van der Waals surface area contributed by atoms with E-state index in [-0.39, 0.29) is 11.0 Å². The summed E-state index contributed by atoms with van der Waals surface area (Å²) in [5, 5.41) is 0.267. The Morgan fingerprint density at radius 1 is 1.09 bits per heavy atom. The highest BCUT2D eigenvalue weighted by Gasteiger charge is 2.42. The summed E-state index contributed by atoms with van der Waals surface area (Å²) in [5.41, 5.74) is 0. The van der Waals surface area contributed by atoms with Crippen LogP contribution < -0.4 is 0 Å². The maximum absolute atomic E-state index is 11.5. The molecule has 4 atom stereocenters. The lowest BCUT2D eigenvalue weighted by Gasteiger charge is -2.38. The minimum Gasteiger partial charge on any atom is -0.461 e. The Hall–Kier alpha value is -1.25. The molecule has 0 N–H and O–H groups in total. The zero-order valence-electron chi connectivity index (χ0n) is 21.1. The molecule has 1 aliphatic rings. The monoisotopic (exact) mass is 488 g/mol. The predicted molar refractivity (Wildman–Crippen MR) is 132 cm³/mol. The van der Waals surface area contributed by atoms with Crippen LogP contribution in [0.3, 0.4) is 0 Å². The van der Waals surface area contributed by atoms with Crippen molar-refractivity contribution in [3.8, 4) is 0 Å². The largest absolute Gasteiger partial charge is 0.461 e. The van der Waals surface area contributed by atoms with E-state index in [2.05, 4.69) is 66.4 Å². The first-order chi connectivity index (χ1) is 14.7. The summed E-state index contributed by atoms with van der Waals surface area (Å²) in [4.78, 5) is 11.5. The number of hydrogen-bond donors (Lipinski definition) is 0. The number of hydrogen-bond acceptors (Lipinski definition) is 6. The fraction of sp³-hybridized carbons (Fsp3) is 0.792. The van der Waals surface area contributed by atoms with Gasteiger partial charge < -0.3 is 9.16 Å². The molecule has 0 unspecified atom stereocenters. The van der Waals surface area contributed by atoms with E-state index in [9.17, 15) is 4.79 Å². The molecule has 0 saturated heterocycles. The van der Waals surface area contributed by atoms with Crippen LogP contribution in [0.5, 0.6) is 0 Å². The zero-order chi connectivity index (χ0) is 24.9. The van der Waals surface area contributed by atoms with Crippen molar-refractivity contribution in [3.63, 3.8) is 0 Å². The van der Waals surface area contributed by atoms with Gasteiger partial charge in [-0.2, -0.15) is 0 Å². The number of allylic oxidation sites excluding steroid dienone is 2. The fourth-order valence-electron chi connectivity index (χ4n) is 3.96. The molecule has 1 fully saturated rings. The van der Waals surface area contributed by atoms with Gasteiger partial charge in [0.15, 0.2) is 8.32 Å². The molecule has 0 aliphatic heterocycles. The van der Waals surface area contributed by atoms with Crippen molar-refractivity contribution in [3.05, 3.63) is 24.8 Å². The molecule has 0 radical (unpaired) electrons. The number of rotatable bonds is 11. The van der Waals surface area contributed by atoms with E-state index in [1.54, 1.807) is 6.08 Å². The van der Waals surface area contributed by atoms with Crippen LogP contribution in [0.1, 0.15) is 66.7 Å². The molecule has 1 aliphatic carbocycles. The standard InChI is InChI=1S/C24H44O3Si.O3S/c1-9-16-26-23(25)15-13-11-10-12-14-21-19(2)17-20(3)22(21)18-27-28(7,8)24(4,5)6;1-4(2)3/h9-10,12,19-22H,1,11,13-18H2,2-8H3;/b12-10-;/t19-,20+,21-,22-;/m0./s1. The molecule has 32 heavy (non-hydrogen) atoms. The maximum Gasteiger partial charge on any atom is 0.425 e. The Labute approximate surface area is 198 Å². The van der Waals surface area contributed by atoms with E-state index in [1.165, 1.54) is 6.42 Å². The molecular weight excluding hydrogens is 444 g/mol. The van der Waals surface area contributed by atoms with E-state index in [1.807, 2.05) is 0 Å². The van der Waals surface area contributed by atoms with Gasteiger partial charge in [-0.15, -0.1) is 12.6 Å². The number of carbonyl (C=O) groups excluding carboxylic acids is 1. The number of carbonyl (C=O) groups is 1. The summed E-state index contributed by atoms with van der Waals surface area (Å²) in [6, 6.07) is 0. The van der Waals surface area contributed by atoms with Gasteiger partial charge in [0.1, 0.15) is 6.61 Å². The molecule has 6 nitrogen and oxygen atoms in total. The average molecular weight is 489 g/mol. The Morgan fingerprint density at radius 3 is 2.19 bits per heavy atom. The molecule has 1 rings (SSSR count). The predicted octanol–water partition coefficient (Wildman–Crippen LogP) is 5.76. The first-order valence-corrected chi connectivity index (χ1v) is 15.5. The van der Waals surface area contributed by atoms with Gasteiger partial charge in [0.2, 0.25) is 0 Å². The van der Waals surface area contributed by atoms with Gasteiger partial charge in [0.05, 0.1) is 0 Å². The summed E-state index contributed by atoms with van der Waals surface area (Å²) in [7, 11) is -4.80. The summed E-state index contributed by atoms with van der Waals surface area (Å²) < 4.78 is 36.9. The van der Waals surface area contributed by atoms with E-state index >= 15 is 0 Å². The normalized spacial score (nSPS) is 23.5. The molecule has 0 aromatic carbocycles. The lowest BCUT2D eigenvalue weighted by molar-refractivity contribution is -0.142. The third-order valence-corrected chi connectivity index (χ3v) is 11.4. The quantitative estimate of drug-likeness (QED) is 0.159. The van der Waals surface area contributed by atoms with Gasteiger partial charge in [-0.3, -0.25) is 4.79 Å². The van der Waals surface area contributed by atoms with E-state index in [4.69, 9.17) is 21.8 Å². The Balaban J connectivity index is 0.00000220. The first-order valence-electron chi connectivity index (χ1n) is 11.5. The van der Waals surface area contributed by atoms with Crippen molar-refractivity contribution in [1.29, 1.82) is 0 Å². The van der Waals surface area contributed by atoms with Crippen LogP contribution in [0.4, 0.5) is 0 Å². The van der Waals surface area contributed by atoms with Crippen LogP contribution in [0.2, 0.25) is 18.1 Å². The van der Waals surface area contributed by atoms with Crippen molar-refractivity contribution in [2.24, 2.45) is 23.7 Å². The highest BCUT2D eigenvalue weighted by Crippen LogP contribution is 2.45. The molecule has 0 aromatic heterocycles. The molecular formula is C24H44O6SSi. The molecule has 0 bridgehead atoms. The number of unbranched alkanes of at least 4 members (excludes halogenated alkanes) is 1. The van der Waals surface area contributed by atoms with Gasteiger partial charge >= 0.3 is 16.6 Å². The molecule has 0 heterocycles. The highest BCUT2D eigenvalue weighted by atomic mass is 32.2. The highest BCUT2D eigenvalue weighted by molar-refractivity contribution is 7.59. The van der Waals surface area contributed by atoms with Crippen molar-refractivity contribution < 1.29 is 26.6 Å². The Kier molecular flexibility index (Phi) is 14.2.